The minimum Gasteiger partial charge on any atom is -0.485 e. The smallest absolute Gasteiger partial charge is 0.272 e. The number of carbonyl (C=O) groups is 1. The average Bonchev–Trinajstić information content (AvgIpc) is 2.87. The van der Waals surface area contributed by atoms with Crippen LogP contribution in [0, 0.1) is 30.9 Å². The molecule has 0 radical (unpaired) electrons. The van der Waals surface area contributed by atoms with Gasteiger partial charge in [-0.05, 0) is 45.4 Å². The largest absolute Gasteiger partial charge is 0.485 e. The zero-order chi connectivity index (χ0) is 19.3. The summed E-state index contributed by atoms with van der Waals surface area (Å²) in [4.78, 5) is 22.9. The fraction of sp³-hybridized carbons (Fsp3) is 0.421. The van der Waals surface area contributed by atoms with Gasteiger partial charge in [-0.2, -0.15) is 0 Å². The van der Waals surface area contributed by atoms with Gasteiger partial charge in [0.25, 0.3) is 5.69 Å². The predicted octanol–water partition coefficient (Wildman–Crippen LogP) is 3.62. The topological polar surface area (TPSA) is 83.6 Å². The summed E-state index contributed by atoms with van der Waals surface area (Å²) in [6.07, 6.45) is 0.874. The van der Waals surface area contributed by atoms with Crippen molar-refractivity contribution in [2.24, 2.45) is 0 Å². The number of benzene rings is 1. The molecule has 1 aromatic heterocycles. The molecule has 0 saturated heterocycles. The van der Waals surface area contributed by atoms with Crippen LogP contribution in [0.2, 0.25) is 0 Å². The lowest BCUT2D eigenvalue weighted by Gasteiger charge is -2.10. The SMILES string of the molecule is COCCCn1c(C)cc(C(=O)COc2ccc([N+](=O)[O-])c(C)c2)c1C. The van der Waals surface area contributed by atoms with E-state index in [1.807, 2.05) is 19.9 Å². The number of aromatic nitrogens is 1. The molecule has 7 nitrogen and oxygen atoms in total. The second-order valence-corrected chi connectivity index (χ2v) is 6.20. The molecule has 0 aliphatic rings. The highest BCUT2D eigenvalue weighted by Crippen LogP contribution is 2.23. The number of methoxy groups -OCH3 is 1. The number of aryl methyl sites for hydroxylation is 2. The predicted molar refractivity (Wildman–Crippen MR) is 98.1 cm³/mol. The van der Waals surface area contributed by atoms with Crippen LogP contribution >= 0.6 is 0 Å². The Hall–Kier alpha value is -2.67. The third-order valence-electron chi connectivity index (χ3n) is 4.34. The van der Waals surface area contributed by atoms with E-state index in [0.29, 0.717) is 23.5 Å². The Kier molecular flexibility index (Phi) is 6.52. The monoisotopic (exact) mass is 360 g/mol. The lowest BCUT2D eigenvalue weighted by Crippen LogP contribution is -2.13. The van der Waals surface area contributed by atoms with Crippen molar-refractivity contribution in [1.29, 1.82) is 0 Å². The molecule has 2 rings (SSSR count). The van der Waals surface area contributed by atoms with E-state index in [1.54, 1.807) is 20.1 Å². The van der Waals surface area contributed by atoms with Crippen LogP contribution in [0.1, 0.15) is 33.7 Å². The van der Waals surface area contributed by atoms with Crippen LogP contribution in [0.3, 0.4) is 0 Å². The first-order chi connectivity index (χ1) is 12.3. The average molecular weight is 360 g/mol. The van der Waals surface area contributed by atoms with Gasteiger partial charge in [0.15, 0.2) is 6.61 Å². The molecular weight excluding hydrogens is 336 g/mol. The maximum absolute atomic E-state index is 12.5. The minimum atomic E-state index is -0.442. The van der Waals surface area contributed by atoms with Gasteiger partial charge in [0.2, 0.25) is 5.78 Å². The summed E-state index contributed by atoms with van der Waals surface area (Å²) in [7, 11) is 1.67. The fourth-order valence-electron chi connectivity index (χ4n) is 2.94. The molecule has 2 aromatic rings. The number of nitro groups is 1. The van der Waals surface area contributed by atoms with E-state index in [2.05, 4.69) is 4.57 Å². The van der Waals surface area contributed by atoms with Gasteiger partial charge in [0.05, 0.1) is 4.92 Å². The standard InChI is InChI=1S/C19H24N2O5/c1-13-10-16(6-7-18(13)21(23)24)26-12-19(22)17-11-14(2)20(15(17)3)8-5-9-25-4/h6-7,10-11H,5,8-9,12H2,1-4H3. The molecule has 0 saturated carbocycles. The normalized spacial score (nSPS) is 10.8. The number of ether oxygens (including phenoxy) is 2. The highest BCUT2D eigenvalue weighted by atomic mass is 16.6. The van der Waals surface area contributed by atoms with Gasteiger partial charge in [-0.15, -0.1) is 0 Å². The first kappa shape index (κ1) is 19.7. The summed E-state index contributed by atoms with van der Waals surface area (Å²) in [5, 5.41) is 10.9. The van der Waals surface area contributed by atoms with Gasteiger partial charge < -0.3 is 14.0 Å². The van der Waals surface area contributed by atoms with Gasteiger partial charge in [-0.3, -0.25) is 14.9 Å². The molecule has 0 fully saturated rings. The molecule has 140 valence electrons. The quantitative estimate of drug-likeness (QED) is 0.295. The Morgan fingerprint density at radius 1 is 1.23 bits per heavy atom. The van der Waals surface area contributed by atoms with E-state index in [0.717, 1.165) is 24.4 Å². The molecule has 0 N–H and O–H groups in total. The van der Waals surface area contributed by atoms with Crippen LogP contribution in [0.25, 0.3) is 0 Å². The summed E-state index contributed by atoms with van der Waals surface area (Å²) < 4.78 is 12.7. The lowest BCUT2D eigenvalue weighted by molar-refractivity contribution is -0.385. The van der Waals surface area contributed by atoms with E-state index < -0.39 is 4.92 Å². The van der Waals surface area contributed by atoms with Crippen LogP contribution < -0.4 is 4.74 Å². The van der Waals surface area contributed by atoms with Crippen molar-refractivity contribution in [2.45, 2.75) is 33.7 Å². The molecule has 1 heterocycles. The summed E-state index contributed by atoms with van der Waals surface area (Å²) in [6.45, 7) is 6.88. The number of hydrogen-bond donors (Lipinski definition) is 0. The third-order valence-corrected chi connectivity index (χ3v) is 4.34. The van der Waals surface area contributed by atoms with Crippen molar-refractivity contribution in [1.82, 2.24) is 4.57 Å². The summed E-state index contributed by atoms with van der Waals surface area (Å²) >= 11 is 0. The van der Waals surface area contributed by atoms with Crippen LogP contribution in [-0.4, -0.2) is 35.6 Å². The number of nitrogens with zero attached hydrogens (tertiary/aromatic N) is 2. The fourth-order valence-corrected chi connectivity index (χ4v) is 2.94. The first-order valence-electron chi connectivity index (χ1n) is 8.41. The number of Topliss-reactive ketones (excluding diaryl/α,β-unsaturated/α-hetero) is 1. The van der Waals surface area contributed by atoms with E-state index in [4.69, 9.17) is 9.47 Å². The molecular formula is C19H24N2O5. The summed E-state index contributed by atoms with van der Waals surface area (Å²) in [5.74, 6) is 0.322. The second-order valence-electron chi connectivity index (χ2n) is 6.20. The summed E-state index contributed by atoms with van der Waals surface area (Å²) in [5.41, 5.74) is 3.10. The van der Waals surface area contributed by atoms with Crippen molar-refractivity contribution in [2.75, 3.05) is 20.3 Å². The van der Waals surface area contributed by atoms with Gasteiger partial charge in [0.1, 0.15) is 5.75 Å². The van der Waals surface area contributed by atoms with E-state index in [-0.39, 0.29) is 18.1 Å². The highest BCUT2D eigenvalue weighted by Gasteiger charge is 2.17. The second kappa shape index (κ2) is 8.62. The molecule has 1 aromatic carbocycles. The third kappa shape index (κ3) is 4.49. The van der Waals surface area contributed by atoms with Crippen LogP contribution in [0.15, 0.2) is 24.3 Å². The molecule has 0 aliphatic carbocycles. The molecule has 7 heteroatoms. The summed E-state index contributed by atoms with van der Waals surface area (Å²) in [6, 6.07) is 6.33. The minimum absolute atomic E-state index is 0.0308. The molecule has 0 aliphatic heterocycles. The van der Waals surface area contributed by atoms with Crippen molar-refractivity contribution in [3.8, 4) is 5.75 Å². The first-order valence-corrected chi connectivity index (χ1v) is 8.41. The maximum atomic E-state index is 12.5. The van der Waals surface area contributed by atoms with E-state index in [9.17, 15) is 14.9 Å². The highest BCUT2D eigenvalue weighted by molar-refractivity contribution is 5.98. The number of nitro benzene ring substituents is 1. The Balaban J connectivity index is 2.05. The molecule has 0 bridgehead atoms. The van der Waals surface area contributed by atoms with Gasteiger partial charge in [0, 0.05) is 48.8 Å². The van der Waals surface area contributed by atoms with Gasteiger partial charge in [-0.1, -0.05) is 0 Å². The molecule has 0 amide bonds. The van der Waals surface area contributed by atoms with Gasteiger partial charge in [-0.25, -0.2) is 0 Å². The number of hydrogen-bond acceptors (Lipinski definition) is 5. The number of ketones is 1. The molecule has 26 heavy (non-hydrogen) atoms. The molecule has 0 spiro atoms. The number of rotatable bonds is 9. The van der Waals surface area contributed by atoms with Crippen LogP contribution in [0.4, 0.5) is 5.69 Å². The zero-order valence-corrected chi connectivity index (χ0v) is 15.6. The zero-order valence-electron chi connectivity index (χ0n) is 15.6. The molecule has 0 unspecified atom stereocenters. The van der Waals surface area contributed by atoms with Crippen molar-refractivity contribution in [3.05, 3.63) is 56.9 Å². The van der Waals surface area contributed by atoms with E-state index in [1.165, 1.54) is 12.1 Å². The van der Waals surface area contributed by atoms with Crippen LogP contribution in [-0.2, 0) is 11.3 Å². The number of carbonyl (C=O) groups excluding carboxylic acids is 1. The van der Waals surface area contributed by atoms with Crippen molar-refractivity contribution >= 4 is 11.5 Å². The molecule has 0 atom stereocenters. The Morgan fingerprint density at radius 2 is 1.96 bits per heavy atom. The lowest BCUT2D eigenvalue weighted by atomic mass is 10.1. The maximum Gasteiger partial charge on any atom is 0.272 e. The van der Waals surface area contributed by atoms with Crippen molar-refractivity contribution in [3.63, 3.8) is 0 Å². The van der Waals surface area contributed by atoms with Crippen molar-refractivity contribution < 1.29 is 19.2 Å². The van der Waals surface area contributed by atoms with E-state index >= 15 is 0 Å². The van der Waals surface area contributed by atoms with Crippen LogP contribution in [0.5, 0.6) is 5.75 Å². The Morgan fingerprint density at radius 3 is 2.58 bits per heavy atom. The Bertz CT molecular complexity index is 811. The Labute approximate surface area is 152 Å². The van der Waals surface area contributed by atoms with Gasteiger partial charge >= 0.3 is 0 Å².